The maximum absolute atomic E-state index is 12.9. The van der Waals surface area contributed by atoms with Gasteiger partial charge in [-0.05, 0) is 56.7 Å². The molecule has 4 rings (SSSR count). The molecule has 1 unspecified atom stereocenters. The van der Waals surface area contributed by atoms with Crippen LogP contribution in [0.4, 0.5) is 0 Å². The van der Waals surface area contributed by atoms with Crippen molar-refractivity contribution < 1.29 is 4.79 Å². The molecular weight excluding hydrogens is 360 g/mol. The molecule has 0 N–H and O–H groups in total. The first-order valence-electron chi connectivity index (χ1n) is 11.0. The van der Waals surface area contributed by atoms with E-state index in [1.165, 1.54) is 16.8 Å². The summed E-state index contributed by atoms with van der Waals surface area (Å²) < 4.78 is 2.13. The molecule has 5 heteroatoms. The van der Waals surface area contributed by atoms with E-state index < -0.39 is 0 Å². The summed E-state index contributed by atoms with van der Waals surface area (Å²) in [5.41, 5.74) is 4.08. The van der Waals surface area contributed by atoms with E-state index in [2.05, 4.69) is 40.7 Å². The van der Waals surface area contributed by atoms with Gasteiger partial charge in [0, 0.05) is 37.9 Å². The van der Waals surface area contributed by atoms with E-state index in [4.69, 9.17) is 0 Å². The van der Waals surface area contributed by atoms with Crippen LogP contribution in [0.1, 0.15) is 55.3 Å². The first kappa shape index (κ1) is 20.1. The predicted octanol–water partition coefficient (Wildman–Crippen LogP) is 3.83. The molecule has 1 spiro atoms. The van der Waals surface area contributed by atoms with Crippen LogP contribution in [-0.2, 0) is 17.9 Å². The van der Waals surface area contributed by atoms with Crippen LogP contribution in [-0.4, -0.2) is 52.2 Å². The number of carbonyl (C=O) groups excluding carboxylic acids is 1. The predicted molar refractivity (Wildman–Crippen MR) is 116 cm³/mol. The Labute approximate surface area is 174 Å². The van der Waals surface area contributed by atoms with E-state index in [1.807, 2.05) is 36.3 Å². The number of amides is 1. The molecule has 0 radical (unpaired) electrons. The van der Waals surface area contributed by atoms with Crippen molar-refractivity contribution >= 4 is 5.91 Å². The van der Waals surface area contributed by atoms with Gasteiger partial charge in [0.1, 0.15) is 0 Å². The summed E-state index contributed by atoms with van der Waals surface area (Å²) in [5, 5.41) is 4.56. The molecule has 0 saturated carbocycles. The van der Waals surface area contributed by atoms with Crippen LogP contribution in [0.5, 0.6) is 0 Å². The molecule has 1 aromatic heterocycles. The number of benzene rings is 1. The molecule has 1 aromatic carbocycles. The van der Waals surface area contributed by atoms with E-state index in [1.54, 1.807) is 0 Å². The Hall–Kier alpha value is -2.14. The number of hydrogen-bond acceptors (Lipinski definition) is 3. The van der Waals surface area contributed by atoms with Crippen LogP contribution < -0.4 is 0 Å². The highest BCUT2D eigenvalue weighted by molar-refractivity contribution is 5.84. The van der Waals surface area contributed by atoms with Crippen molar-refractivity contribution in [2.45, 2.75) is 58.5 Å². The Morgan fingerprint density at radius 1 is 1.17 bits per heavy atom. The number of aryl methyl sites for hydroxylation is 1. The van der Waals surface area contributed by atoms with Gasteiger partial charge >= 0.3 is 0 Å². The minimum Gasteiger partial charge on any atom is -0.345 e. The Balaban J connectivity index is 1.42. The Morgan fingerprint density at radius 3 is 2.59 bits per heavy atom. The van der Waals surface area contributed by atoms with Gasteiger partial charge in [0.15, 0.2) is 0 Å². The summed E-state index contributed by atoms with van der Waals surface area (Å²) in [4.78, 5) is 17.4. The first-order chi connectivity index (χ1) is 14.0. The monoisotopic (exact) mass is 394 g/mol. The maximum Gasteiger partial charge on any atom is 0.229 e. The fourth-order valence-electron chi connectivity index (χ4n) is 5.24. The quantitative estimate of drug-likeness (QED) is 0.774. The molecule has 5 nitrogen and oxygen atoms in total. The highest BCUT2D eigenvalue weighted by Gasteiger charge is 2.45. The number of nitrogens with zero attached hydrogens (tertiary/aromatic N) is 4. The van der Waals surface area contributed by atoms with Crippen molar-refractivity contribution in [1.29, 1.82) is 0 Å². The molecule has 156 valence electrons. The second-order valence-electron chi connectivity index (χ2n) is 9.12. The fraction of sp³-hybridized carbons (Fsp3) is 0.583. The lowest BCUT2D eigenvalue weighted by atomic mass is 9.67. The Morgan fingerprint density at radius 2 is 1.90 bits per heavy atom. The smallest absolute Gasteiger partial charge is 0.229 e. The van der Waals surface area contributed by atoms with Crippen LogP contribution in [0.3, 0.4) is 0 Å². The minimum absolute atomic E-state index is 0.0102. The average Bonchev–Trinajstić information content (AvgIpc) is 3.07. The molecular formula is C24H34N4O. The van der Waals surface area contributed by atoms with Crippen molar-refractivity contribution in [2.24, 2.45) is 5.41 Å². The number of hydrogen-bond donors (Lipinski definition) is 0. The van der Waals surface area contributed by atoms with E-state index >= 15 is 0 Å². The molecule has 2 aliphatic heterocycles. The van der Waals surface area contributed by atoms with Crippen molar-refractivity contribution in [3.05, 3.63) is 53.3 Å². The summed E-state index contributed by atoms with van der Waals surface area (Å²) >= 11 is 0. The lowest BCUT2D eigenvalue weighted by Crippen LogP contribution is -2.52. The summed E-state index contributed by atoms with van der Waals surface area (Å²) in [5.74, 6) is 0.291. The molecule has 2 fully saturated rings. The van der Waals surface area contributed by atoms with E-state index in [0.29, 0.717) is 0 Å². The molecule has 0 bridgehead atoms. The largest absolute Gasteiger partial charge is 0.345 e. The lowest BCUT2D eigenvalue weighted by molar-refractivity contribution is -0.139. The standard InChI is InChI=1S/C24H34N4O/c1-4-12-28-19(2)21(16-25-28)17-27-13-10-24(11-14-27)15-22(23(29)26(3)18-24)20-8-6-5-7-9-20/h5-9,16,22H,4,10-15,17-18H2,1-3H3. The SMILES string of the molecule is CCCn1ncc(CN2CCC3(CC2)CC(c2ccccc2)C(=O)N(C)C3)c1C. The zero-order chi connectivity index (χ0) is 20.4. The fourth-order valence-corrected chi connectivity index (χ4v) is 5.24. The summed E-state index contributed by atoms with van der Waals surface area (Å²) in [6, 6.07) is 10.4. The minimum atomic E-state index is 0.0102. The van der Waals surface area contributed by atoms with Crippen LogP contribution in [0.15, 0.2) is 36.5 Å². The van der Waals surface area contributed by atoms with Gasteiger partial charge in [-0.3, -0.25) is 14.4 Å². The molecule has 1 amide bonds. The second-order valence-corrected chi connectivity index (χ2v) is 9.12. The molecule has 0 aliphatic carbocycles. The topological polar surface area (TPSA) is 41.4 Å². The van der Waals surface area contributed by atoms with Crippen LogP contribution >= 0.6 is 0 Å². The van der Waals surface area contributed by atoms with E-state index in [9.17, 15) is 4.79 Å². The number of likely N-dealkylation sites (tertiary alicyclic amines) is 2. The Kier molecular flexibility index (Phi) is 5.77. The van der Waals surface area contributed by atoms with Gasteiger partial charge in [0.2, 0.25) is 5.91 Å². The van der Waals surface area contributed by atoms with Crippen molar-refractivity contribution in [3.8, 4) is 0 Å². The van der Waals surface area contributed by atoms with Gasteiger partial charge in [-0.2, -0.15) is 5.10 Å². The van der Waals surface area contributed by atoms with Crippen molar-refractivity contribution in [2.75, 3.05) is 26.7 Å². The van der Waals surface area contributed by atoms with Crippen LogP contribution in [0.25, 0.3) is 0 Å². The normalized spacial score (nSPS) is 22.4. The third-order valence-corrected chi connectivity index (χ3v) is 7.04. The second kappa shape index (κ2) is 8.31. The van der Waals surface area contributed by atoms with E-state index in [0.717, 1.165) is 58.4 Å². The molecule has 29 heavy (non-hydrogen) atoms. The zero-order valence-electron chi connectivity index (χ0n) is 18.1. The van der Waals surface area contributed by atoms with Gasteiger partial charge in [-0.25, -0.2) is 0 Å². The molecule has 2 aliphatic rings. The lowest BCUT2D eigenvalue weighted by Gasteiger charge is -2.49. The average molecular weight is 395 g/mol. The van der Waals surface area contributed by atoms with Crippen LogP contribution in [0, 0.1) is 12.3 Å². The maximum atomic E-state index is 12.9. The zero-order valence-corrected chi connectivity index (χ0v) is 18.1. The number of piperidine rings is 2. The van der Waals surface area contributed by atoms with Crippen molar-refractivity contribution in [3.63, 3.8) is 0 Å². The summed E-state index contributed by atoms with van der Waals surface area (Å²) in [6.45, 7) is 9.47. The highest BCUT2D eigenvalue weighted by Crippen LogP contribution is 2.45. The number of aromatic nitrogens is 2. The Bertz CT molecular complexity index is 836. The third-order valence-electron chi connectivity index (χ3n) is 7.04. The molecule has 1 atom stereocenters. The van der Waals surface area contributed by atoms with Gasteiger partial charge in [-0.1, -0.05) is 37.3 Å². The van der Waals surface area contributed by atoms with E-state index in [-0.39, 0.29) is 17.2 Å². The highest BCUT2D eigenvalue weighted by atomic mass is 16.2. The van der Waals surface area contributed by atoms with Gasteiger partial charge in [0.25, 0.3) is 0 Å². The third kappa shape index (κ3) is 4.11. The van der Waals surface area contributed by atoms with Gasteiger partial charge < -0.3 is 4.90 Å². The van der Waals surface area contributed by atoms with Crippen LogP contribution in [0.2, 0.25) is 0 Å². The summed E-state index contributed by atoms with van der Waals surface area (Å²) in [7, 11) is 1.98. The molecule has 3 heterocycles. The van der Waals surface area contributed by atoms with Gasteiger partial charge in [-0.15, -0.1) is 0 Å². The summed E-state index contributed by atoms with van der Waals surface area (Å²) in [6.07, 6.45) is 6.48. The molecule has 2 aromatic rings. The number of likely N-dealkylation sites (N-methyl/N-ethyl adjacent to an activating group) is 1. The molecule has 2 saturated heterocycles. The number of carbonyl (C=O) groups is 1. The van der Waals surface area contributed by atoms with Crippen molar-refractivity contribution in [1.82, 2.24) is 19.6 Å². The number of rotatable bonds is 5. The van der Waals surface area contributed by atoms with Gasteiger partial charge in [0.05, 0.1) is 12.1 Å². The first-order valence-corrected chi connectivity index (χ1v) is 11.0.